The number of fused-ring (bicyclic) bond motifs is 1. The summed E-state index contributed by atoms with van der Waals surface area (Å²) < 4.78 is 0. The van der Waals surface area contributed by atoms with Crippen LogP contribution in [-0.4, -0.2) is 6.54 Å². The average molecular weight is 144 g/mol. The Kier molecular flexibility index (Phi) is 1.42. The van der Waals surface area contributed by atoms with Crippen LogP contribution in [0, 0.1) is 6.07 Å². The zero-order valence-corrected chi connectivity index (χ0v) is 6.52. The van der Waals surface area contributed by atoms with Gasteiger partial charge in [-0.2, -0.15) is 0 Å². The standard InChI is InChI=1S/C10H10N/c1-8-6-9-4-2-3-5-10(9)11-7-8/h2-3,5-6,11H,7H2,1H3. The predicted molar refractivity (Wildman–Crippen MR) is 47.4 cm³/mol. The molecular weight excluding hydrogens is 134 g/mol. The first-order valence-electron chi connectivity index (χ1n) is 3.78. The maximum Gasteiger partial charge on any atom is 0.0422 e. The molecule has 1 radical (unpaired) electrons. The lowest BCUT2D eigenvalue weighted by atomic mass is 10.1. The first kappa shape index (κ1) is 6.47. The highest BCUT2D eigenvalue weighted by Crippen LogP contribution is 2.21. The van der Waals surface area contributed by atoms with Crippen molar-refractivity contribution >= 4 is 11.8 Å². The van der Waals surface area contributed by atoms with Gasteiger partial charge in [-0.1, -0.05) is 23.8 Å². The minimum Gasteiger partial charge on any atom is -0.381 e. The summed E-state index contributed by atoms with van der Waals surface area (Å²) in [6.45, 7) is 3.08. The molecule has 1 nitrogen and oxygen atoms in total. The second-order valence-corrected chi connectivity index (χ2v) is 2.84. The Bertz CT molecular complexity index is 299. The van der Waals surface area contributed by atoms with Gasteiger partial charge in [-0.05, 0) is 19.1 Å². The van der Waals surface area contributed by atoms with E-state index in [9.17, 15) is 0 Å². The summed E-state index contributed by atoms with van der Waals surface area (Å²) in [5, 5.41) is 3.31. The zero-order chi connectivity index (χ0) is 7.68. The lowest BCUT2D eigenvalue weighted by Gasteiger charge is -2.15. The van der Waals surface area contributed by atoms with E-state index in [4.69, 9.17) is 0 Å². The molecule has 0 bridgehead atoms. The molecule has 1 aliphatic heterocycles. The van der Waals surface area contributed by atoms with Crippen molar-refractivity contribution in [3.63, 3.8) is 0 Å². The Morgan fingerprint density at radius 3 is 3.36 bits per heavy atom. The van der Waals surface area contributed by atoms with Gasteiger partial charge < -0.3 is 5.32 Å². The maximum absolute atomic E-state index is 3.31. The van der Waals surface area contributed by atoms with Crippen LogP contribution in [0.4, 0.5) is 5.69 Å². The van der Waals surface area contributed by atoms with Crippen LogP contribution in [-0.2, 0) is 0 Å². The Morgan fingerprint density at radius 1 is 1.55 bits per heavy atom. The summed E-state index contributed by atoms with van der Waals surface area (Å²) in [6, 6.07) is 9.20. The fourth-order valence-electron chi connectivity index (χ4n) is 1.26. The van der Waals surface area contributed by atoms with Crippen molar-refractivity contribution in [2.45, 2.75) is 6.92 Å². The van der Waals surface area contributed by atoms with Gasteiger partial charge in [0.2, 0.25) is 0 Å². The van der Waals surface area contributed by atoms with Crippen molar-refractivity contribution in [3.8, 4) is 0 Å². The van der Waals surface area contributed by atoms with E-state index >= 15 is 0 Å². The highest BCUT2D eigenvalue weighted by Gasteiger charge is 2.04. The molecule has 0 amide bonds. The maximum atomic E-state index is 3.31. The highest BCUT2D eigenvalue weighted by atomic mass is 14.9. The Balaban J connectivity index is 2.51. The molecule has 2 rings (SSSR count). The normalized spacial score (nSPS) is 14.8. The summed E-state index contributed by atoms with van der Waals surface area (Å²) in [7, 11) is 0. The summed E-state index contributed by atoms with van der Waals surface area (Å²) in [4.78, 5) is 0. The van der Waals surface area contributed by atoms with Crippen LogP contribution in [0.1, 0.15) is 12.5 Å². The molecule has 1 aliphatic rings. The molecule has 0 aromatic heterocycles. The third-order valence-electron chi connectivity index (χ3n) is 1.84. The smallest absolute Gasteiger partial charge is 0.0422 e. The molecule has 1 aromatic carbocycles. The largest absolute Gasteiger partial charge is 0.381 e. The van der Waals surface area contributed by atoms with Gasteiger partial charge in [0.1, 0.15) is 0 Å². The number of hydrogen-bond acceptors (Lipinski definition) is 1. The van der Waals surface area contributed by atoms with Crippen LogP contribution in [0.15, 0.2) is 23.8 Å². The van der Waals surface area contributed by atoms with Crippen molar-refractivity contribution in [1.82, 2.24) is 0 Å². The van der Waals surface area contributed by atoms with Crippen LogP contribution in [0.2, 0.25) is 0 Å². The van der Waals surface area contributed by atoms with Crippen molar-refractivity contribution in [3.05, 3.63) is 35.4 Å². The molecule has 0 saturated heterocycles. The monoisotopic (exact) mass is 144 g/mol. The van der Waals surface area contributed by atoms with Crippen molar-refractivity contribution < 1.29 is 0 Å². The van der Waals surface area contributed by atoms with Gasteiger partial charge >= 0.3 is 0 Å². The van der Waals surface area contributed by atoms with E-state index in [1.165, 1.54) is 16.8 Å². The van der Waals surface area contributed by atoms with E-state index in [1.807, 2.05) is 12.1 Å². The third-order valence-corrected chi connectivity index (χ3v) is 1.84. The van der Waals surface area contributed by atoms with E-state index in [1.54, 1.807) is 0 Å². The topological polar surface area (TPSA) is 12.0 Å². The van der Waals surface area contributed by atoms with Crippen LogP contribution in [0.3, 0.4) is 0 Å². The quantitative estimate of drug-likeness (QED) is 0.589. The van der Waals surface area contributed by atoms with Gasteiger partial charge in [-0.15, -0.1) is 0 Å². The minimum atomic E-state index is 0.963. The molecule has 0 unspecified atom stereocenters. The highest BCUT2D eigenvalue weighted by molar-refractivity contribution is 5.71. The van der Waals surface area contributed by atoms with Crippen molar-refractivity contribution in [1.29, 1.82) is 0 Å². The molecule has 0 aliphatic carbocycles. The SMILES string of the molecule is CC1=Cc2[c]cccc2NC1. The number of anilines is 1. The molecule has 1 aromatic rings. The summed E-state index contributed by atoms with van der Waals surface area (Å²) in [5.41, 5.74) is 3.73. The van der Waals surface area contributed by atoms with Gasteiger partial charge in [-0.25, -0.2) is 0 Å². The zero-order valence-electron chi connectivity index (χ0n) is 6.52. The fraction of sp³-hybridized carbons (Fsp3) is 0.200. The van der Waals surface area contributed by atoms with Crippen LogP contribution in [0.25, 0.3) is 6.08 Å². The van der Waals surface area contributed by atoms with Crippen molar-refractivity contribution in [2.75, 3.05) is 11.9 Å². The van der Waals surface area contributed by atoms with Crippen LogP contribution >= 0.6 is 0 Å². The fourth-order valence-corrected chi connectivity index (χ4v) is 1.26. The number of nitrogens with one attached hydrogen (secondary N) is 1. The first-order valence-corrected chi connectivity index (χ1v) is 3.78. The van der Waals surface area contributed by atoms with E-state index < -0.39 is 0 Å². The van der Waals surface area contributed by atoms with Gasteiger partial charge in [0.25, 0.3) is 0 Å². The van der Waals surface area contributed by atoms with E-state index in [0.717, 1.165) is 6.54 Å². The molecule has 0 spiro atoms. The molecule has 55 valence electrons. The summed E-state index contributed by atoms with van der Waals surface area (Å²) in [5.74, 6) is 0. The number of rotatable bonds is 0. The van der Waals surface area contributed by atoms with Gasteiger partial charge in [-0.3, -0.25) is 0 Å². The second kappa shape index (κ2) is 2.42. The molecule has 11 heavy (non-hydrogen) atoms. The summed E-state index contributed by atoms with van der Waals surface area (Å²) in [6.07, 6.45) is 2.17. The van der Waals surface area contributed by atoms with Crippen LogP contribution in [0.5, 0.6) is 0 Å². The molecule has 0 fully saturated rings. The molecule has 1 N–H and O–H groups in total. The second-order valence-electron chi connectivity index (χ2n) is 2.84. The van der Waals surface area contributed by atoms with E-state index in [2.05, 4.69) is 30.4 Å². The van der Waals surface area contributed by atoms with Crippen molar-refractivity contribution in [2.24, 2.45) is 0 Å². The molecule has 1 heterocycles. The lowest BCUT2D eigenvalue weighted by Crippen LogP contribution is -2.08. The molecular formula is C10H10N. The molecule has 0 atom stereocenters. The lowest BCUT2D eigenvalue weighted by molar-refractivity contribution is 1.19. The van der Waals surface area contributed by atoms with E-state index in [-0.39, 0.29) is 0 Å². The van der Waals surface area contributed by atoms with Gasteiger partial charge in [0, 0.05) is 17.8 Å². The molecule has 0 saturated carbocycles. The summed E-state index contributed by atoms with van der Waals surface area (Å²) >= 11 is 0. The van der Waals surface area contributed by atoms with E-state index in [0.29, 0.717) is 0 Å². The Labute approximate surface area is 66.7 Å². The minimum absolute atomic E-state index is 0.963. The average Bonchev–Trinajstić information content (AvgIpc) is 2.04. The number of benzene rings is 1. The first-order chi connectivity index (χ1) is 5.36. The predicted octanol–water partition coefficient (Wildman–Crippen LogP) is 2.32. The Hall–Kier alpha value is -1.24. The molecule has 1 heteroatoms. The van der Waals surface area contributed by atoms with Gasteiger partial charge in [0.05, 0.1) is 0 Å². The Morgan fingerprint density at radius 2 is 2.45 bits per heavy atom. The third kappa shape index (κ3) is 1.14. The van der Waals surface area contributed by atoms with Gasteiger partial charge in [0.15, 0.2) is 0 Å². The number of hydrogen-bond donors (Lipinski definition) is 1. The van der Waals surface area contributed by atoms with Crippen LogP contribution < -0.4 is 5.32 Å².